The molecule has 1 aromatic carbocycles. The molecular weight excluding hydrogens is 304 g/mol. The fraction of sp³-hybridized carbons (Fsp3) is 0.333. The molecule has 0 unspecified atom stereocenters. The second kappa shape index (κ2) is 6.03. The van der Waals surface area contributed by atoms with Gasteiger partial charge in [0.1, 0.15) is 23.0 Å². The summed E-state index contributed by atoms with van der Waals surface area (Å²) in [5.41, 5.74) is 2.45. The Hall–Kier alpha value is -2.76. The van der Waals surface area contributed by atoms with E-state index in [1.807, 2.05) is 24.3 Å². The van der Waals surface area contributed by atoms with Gasteiger partial charge < -0.3 is 14.8 Å². The molecule has 0 bridgehead atoms. The predicted molar refractivity (Wildman–Crippen MR) is 95.4 cm³/mol. The number of benzene rings is 1. The van der Waals surface area contributed by atoms with Gasteiger partial charge in [-0.1, -0.05) is 26.8 Å². The van der Waals surface area contributed by atoms with Crippen LogP contribution in [0.15, 0.2) is 30.5 Å². The van der Waals surface area contributed by atoms with Gasteiger partial charge >= 0.3 is 0 Å². The number of hydrogen-bond donors (Lipinski definition) is 2. The van der Waals surface area contributed by atoms with E-state index in [0.717, 1.165) is 28.2 Å². The monoisotopic (exact) mass is 326 g/mol. The van der Waals surface area contributed by atoms with Crippen molar-refractivity contribution >= 4 is 22.5 Å². The van der Waals surface area contributed by atoms with Crippen LogP contribution < -0.4 is 14.8 Å². The zero-order valence-corrected chi connectivity index (χ0v) is 14.6. The van der Waals surface area contributed by atoms with Crippen molar-refractivity contribution in [1.82, 2.24) is 15.2 Å². The fourth-order valence-electron chi connectivity index (χ4n) is 2.73. The summed E-state index contributed by atoms with van der Waals surface area (Å²) in [4.78, 5) is 4.24. The van der Waals surface area contributed by atoms with Gasteiger partial charge in [0, 0.05) is 11.8 Å². The van der Waals surface area contributed by atoms with Crippen molar-refractivity contribution in [3.63, 3.8) is 0 Å². The number of aromatic nitrogens is 3. The van der Waals surface area contributed by atoms with Gasteiger partial charge in [0.15, 0.2) is 5.65 Å². The maximum Gasteiger partial charge on any atom is 0.183 e. The first-order valence-corrected chi connectivity index (χ1v) is 7.77. The van der Waals surface area contributed by atoms with Gasteiger partial charge in [-0.2, -0.15) is 5.10 Å². The van der Waals surface area contributed by atoms with Crippen molar-refractivity contribution < 1.29 is 9.47 Å². The number of nitrogens with one attached hydrogen (secondary N) is 2. The van der Waals surface area contributed by atoms with E-state index in [4.69, 9.17) is 9.47 Å². The molecule has 6 heteroatoms. The molecule has 0 aliphatic heterocycles. The Bertz CT molecular complexity index is 865. The minimum absolute atomic E-state index is 0.0638. The molecule has 0 saturated heterocycles. The normalized spacial score (nSPS) is 11.5. The standard InChI is InChI=1S/C18H22N4O2/c1-18(2,3)12-8-9-13(23-4)14(15(12)24-5)20-17-11-7-6-10-19-16(11)21-22-17/h6-10H,1-5H3,(H2,19,20,21,22). The largest absolute Gasteiger partial charge is 0.494 e. The van der Waals surface area contributed by atoms with Crippen LogP contribution >= 0.6 is 0 Å². The molecular formula is C18H22N4O2. The number of nitrogens with zero attached hydrogens (tertiary/aromatic N) is 2. The Morgan fingerprint density at radius 2 is 1.88 bits per heavy atom. The van der Waals surface area contributed by atoms with Crippen LogP contribution in [0.5, 0.6) is 11.5 Å². The highest BCUT2D eigenvalue weighted by Crippen LogP contribution is 2.44. The summed E-state index contributed by atoms with van der Waals surface area (Å²) < 4.78 is 11.2. The van der Waals surface area contributed by atoms with Gasteiger partial charge in [-0.05, 0) is 23.6 Å². The maximum absolute atomic E-state index is 5.71. The molecule has 0 aliphatic rings. The van der Waals surface area contributed by atoms with E-state index in [1.54, 1.807) is 20.4 Å². The molecule has 0 amide bonds. The minimum Gasteiger partial charge on any atom is -0.494 e. The molecule has 24 heavy (non-hydrogen) atoms. The number of hydrogen-bond acceptors (Lipinski definition) is 5. The summed E-state index contributed by atoms with van der Waals surface area (Å²) >= 11 is 0. The lowest BCUT2D eigenvalue weighted by molar-refractivity contribution is 0.386. The fourth-order valence-corrected chi connectivity index (χ4v) is 2.73. The lowest BCUT2D eigenvalue weighted by Gasteiger charge is -2.25. The number of anilines is 2. The lowest BCUT2D eigenvalue weighted by atomic mass is 9.85. The summed E-state index contributed by atoms with van der Waals surface area (Å²) in [6.45, 7) is 6.45. The quantitative estimate of drug-likeness (QED) is 0.758. The van der Waals surface area contributed by atoms with Crippen LogP contribution in [0.3, 0.4) is 0 Å². The van der Waals surface area contributed by atoms with E-state index in [1.165, 1.54) is 0 Å². The topological polar surface area (TPSA) is 72.1 Å². The van der Waals surface area contributed by atoms with Crippen molar-refractivity contribution in [1.29, 1.82) is 0 Å². The smallest absolute Gasteiger partial charge is 0.183 e. The average molecular weight is 326 g/mol. The molecule has 2 aromatic heterocycles. The molecule has 126 valence electrons. The SMILES string of the molecule is COc1ccc(C(C)(C)C)c(OC)c1Nc1[nH]nc2ncccc12. The first-order valence-electron chi connectivity index (χ1n) is 7.77. The van der Waals surface area contributed by atoms with Crippen molar-refractivity contribution in [3.8, 4) is 11.5 Å². The number of fused-ring (bicyclic) bond motifs is 1. The number of methoxy groups -OCH3 is 2. The summed E-state index contributed by atoms with van der Waals surface area (Å²) in [5.74, 6) is 2.21. The van der Waals surface area contributed by atoms with E-state index in [-0.39, 0.29) is 5.41 Å². The Morgan fingerprint density at radius 3 is 2.54 bits per heavy atom. The van der Waals surface area contributed by atoms with Gasteiger partial charge in [-0.15, -0.1) is 0 Å². The van der Waals surface area contributed by atoms with E-state index in [0.29, 0.717) is 11.4 Å². The molecule has 0 saturated carbocycles. The third kappa shape index (κ3) is 2.75. The highest BCUT2D eigenvalue weighted by molar-refractivity contribution is 5.90. The van der Waals surface area contributed by atoms with Gasteiger partial charge in [0.05, 0.1) is 19.6 Å². The summed E-state index contributed by atoms with van der Waals surface area (Å²) in [6.07, 6.45) is 1.72. The van der Waals surface area contributed by atoms with Crippen molar-refractivity contribution in [2.45, 2.75) is 26.2 Å². The zero-order chi connectivity index (χ0) is 17.3. The molecule has 0 radical (unpaired) electrons. The van der Waals surface area contributed by atoms with Gasteiger partial charge in [0.2, 0.25) is 0 Å². The van der Waals surface area contributed by atoms with Crippen LogP contribution in [0, 0.1) is 0 Å². The summed E-state index contributed by atoms with van der Waals surface area (Å²) in [6, 6.07) is 7.82. The van der Waals surface area contributed by atoms with Gasteiger partial charge in [-0.25, -0.2) is 4.98 Å². The van der Waals surface area contributed by atoms with E-state index >= 15 is 0 Å². The van der Waals surface area contributed by atoms with Crippen LogP contribution in [0.25, 0.3) is 11.0 Å². The average Bonchev–Trinajstić information content (AvgIpc) is 2.97. The predicted octanol–water partition coefficient (Wildman–Crippen LogP) is 4.02. The molecule has 3 rings (SSSR count). The Labute approximate surface area is 141 Å². The Morgan fingerprint density at radius 1 is 1.08 bits per heavy atom. The number of rotatable bonds is 4. The zero-order valence-electron chi connectivity index (χ0n) is 14.6. The van der Waals surface area contributed by atoms with Gasteiger partial charge in [0.25, 0.3) is 0 Å². The van der Waals surface area contributed by atoms with Crippen molar-refractivity contribution in [2.24, 2.45) is 0 Å². The molecule has 0 spiro atoms. The molecule has 0 aliphatic carbocycles. The third-order valence-corrected chi connectivity index (χ3v) is 3.93. The maximum atomic E-state index is 5.71. The third-order valence-electron chi connectivity index (χ3n) is 3.93. The first-order chi connectivity index (χ1) is 11.5. The molecule has 2 heterocycles. The van der Waals surface area contributed by atoms with Crippen LogP contribution in [0.4, 0.5) is 11.5 Å². The van der Waals surface area contributed by atoms with Crippen LogP contribution in [0.1, 0.15) is 26.3 Å². The number of aromatic amines is 1. The molecule has 0 atom stereocenters. The summed E-state index contributed by atoms with van der Waals surface area (Å²) in [5, 5.41) is 11.5. The van der Waals surface area contributed by atoms with E-state index < -0.39 is 0 Å². The minimum atomic E-state index is -0.0638. The number of H-pyrrole nitrogens is 1. The van der Waals surface area contributed by atoms with Crippen LogP contribution in [-0.2, 0) is 5.41 Å². The van der Waals surface area contributed by atoms with Gasteiger partial charge in [-0.3, -0.25) is 5.10 Å². The second-order valence-electron chi connectivity index (χ2n) is 6.57. The highest BCUT2D eigenvalue weighted by atomic mass is 16.5. The number of ether oxygens (including phenoxy) is 2. The van der Waals surface area contributed by atoms with E-state index in [9.17, 15) is 0 Å². The van der Waals surface area contributed by atoms with E-state index in [2.05, 4.69) is 41.3 Å². The molecule has 2 N–H and O–H groups in total. The van der Waals surface area contributed by atoms with Crippen molar-refractivity contribution in [3.05, 3.63) is 36.0 Å². The molecule has 0 fully saturated rings. The van der Waals surface area contributed by atoms with Crippen LogP contribution in [0.2, 0.25) is 0 Å². The van der Waals surface area contributed by atoms with Crippen molar-refractivity contribution in [2.75, 3.05) is 19.5 Å². The summed E-state index contributed by atoms with van der Waals surface area (Å²) in [7, 11) is 3.31. The molecule has 6 nitrogen and oxygen atoms in total. The van der Waals surface area contributed by atoms with Crippen LogP contribution in [-0.4, -0.2) is 29.4 Å². The lowest BCUT2D eigenvalue weighted by Crippen LogP contribution is -2.14. The number of pyridine rings is 1. The second-order valence-corrected chi connectivity index (χ2v) is 6.57. The first kappa shape index (κ1) is 16.1. The Kier molecular flexibility index (Phi) is 4.05. The molecule has 3 aromatic rings. The Balaban J connectivity index is 2.15. The highest BCUT2D eigenvalue weighted by Gasteiger charge is 2.24.